The smallest absolute Gasteiger partial charge is 0.410 e. The second-order valence-corrected chi connectivity index (χ2v) is 6.81. The highest BCUT2D eigenvalue weighted by Crippen LogP contribution is 2.15. The number of carbonyl (C=O) groups excluding carboxylic acids is 2. The number of nitrogens with one attached hydrogen (secondary N) is 1. The quantitative estimate of drug-likeness (QED) is 0.795. The topological polar surface area (TPSA) is 71.1 Å². The first-order valence-electron chi connectivity index (χ1n) is 7.96. The van der Waals surface area contributed by atoms with Gasteiger partial charge in [0.05, 0.1) is 13.2 Å². The SMILES string of the molecule is CC(C)(C)OC(=O)N1CCCC(NC(=O)N2CCOCC2)C1. The zero-order valence-corrected chi connectivity index (χ0v) is 13.8. The Labute approximate surface area is 131 Å². The van der Waals surface area contributed by atoms with Gasteiger partial charge in [-0.2, -0.15) is 0 Å². The van der Waals surface area contributed by atoms with Crippen molar-refractivity contribution in [3.63, 3.8) is 0 Å². The lowest BCUT2D eigenvalue weighted by Gasteiger charge is -2.36. The molecule has 1 atom stereocenters. The molecule has 3 amide bonds. The molecular weight excluding hydrogens is 286 g/mol. The summed E-state index contributed by atoms with van der Waals surface area (Å²) in [6.45, 7) is 9.16. The van der Waals surface area contributed by atoms with Crippen LogP contribution in [0.15, 0.2) is 0 Å². The van der Waals surface area contributed by atoms with Gasteiger partial charge >= 0.3 is 12.1 Å². The fraction of sp³-hybridized carbons (Fsp3) is 0.867. The van der Waals surface area contributed by atoms with E-state index in [-0.39, 0.29) is 18.2 Å². The number of urea groups is 1. The van der Waals surface area contributed by atoms with Gasteiger partial charge in [0, 0.05) is 32.2 Å². The maximum absolute atomic E-state index is 12.2. The molecule has 0 aromatic heterocycles. The van der Waals surface area contributed by atoms with Gasteiger partial charge in [-0.05, 0) is 33.6 Å². The number of morpholine rings is 1. The molecule has 126 valence electrons. The second kappa shape index (κ2) is 7.17. The number of ether oxygens (including phenoxy) is 2. The van der Waals surface area contributed by atoms with Crippen LogP contribution >= 0.6 is 0 Å². The van der Waals surface area contributed by atoms with Gasteiger partial charge in [-0.25, -0.2) is 9.59 Å². The largest absolute Gasteiger partial charge is 0.444 e. The molecule has 7 nitrogen and oxygen atoms in total. The monoisotopic (exact) mass is 313 g/mol. The molecule has 0 aromatic carbocycles. The number of piperidine rings is 1. The molecule has 1 N–H and O–H groups in total. The summed E-state index contributed by atoms with van der Waals surface area (Å²) in [6, 6.07) is -0.0871. The van der Waals surface area contributed by atoms with Gasteiger partial charge in [-0.3, -0.25) is 0 Å². The van der Waals surface area contributed by atoms with Crippen molar-refractivity contribution in [2.24, 2.45) is 0 Å². The van der Waals surface area contributed by atoms with E-state index < -0.39 is 5.60 Å². The predicted molar refractivity (Wildman–Crippen MR) is 81.8 cm³/mol. The number of likely N-dealkylation sites (tertiary alicyclic amines) is 1. The van der Waals surface area contributed by atoms with Crippen molar-refractivity contribution in [1.82, 2.24) is 15.1 Å². The van der Waals surface area contributed by atoms with Crippen LogP contribution in [0.2, 0.25) is 0 Å². The fourth-order valence-corrected chi connectivity index (χ4v) is 2.62. The standard InChI is InChI=1S/C15H27N3O4/c1-15(2,3)22-14(20)18-6-4-5-12(11-18)16-13(19)17-7-9-21-10-8-17/h12H,4-11H2,1-3H3,(H,16,19). The van der Waals surface area contributed by atoms with E-state index in [9.17, 15) is 9.59 Å². The average Bonchev–Trinajstić information content (AvgIpc) is 2.46. The highest BCUT2D eigenvalue weighted by Gasteiger charge is 2.29. The average molecular weight is 313 g/mol. The molecule has 7 heteroatoms. The number of amides is 3. The zero-order valence-electron chi connectivity index (χ0n) is 13.8. The van der Waals surface area contributed by atoms with Gasteiger partial charge in [0.15, 0.2) is 0 Å². The molecule has 22 heavy (non-hydrogen) atoms. The summed E-state index contributed by atoms with van der Waals surface area (Å²) in [5, 5.41) is 3.02. The molecular formula is C15H27N3O4. The minimum absolute atomic E-state index is 0.0170. The lowest BCUT2D eigenvalue weighted by atomic mass is 10.1. The third kappa shape index (κ3) is 5.05. The lowest BCUT2D eigenvalue weighted by Crippen LogP contribution is -2.54. The van der Waals surface area contributed by atoms with Crippen LogP contribution in [0.4, 0.5) is 9.59 Å². The molecule has 0 bridgehead atoms. The highest BCUT2D eigenvalue weighted by atomic mass is 16.6. The molecule has 0 saturated carbocycles. The van der Waals surface area contributed by atoms with Crippen molar-refractivity contribution in [1.29, 1.82) is 0 Å². The van der Waals surface area contributed by atoms with E-state index >= 15 is 0 Å². The molecule has 2 aliphatic heterocycles. The van der Waals surface area contributed by atoms with Crippen molar-refractivity contribution in [3.05, 3.63) is 0 Å². The van der Waals surface area contributed by atoms with E-state index in [1.165, 1.54) is 0 Å². The number of hydrogen-bond acceptors (Lipinski definition) is 4. The molecule has 0 radical (unpaired) electrons. The normalized spacial score (nSPS) is 23.1. The Hall–Kier alpha value is -1.50. The molecule has 0 aromatic rings. The number of carbonyl (C=O) groups is 2. The van der Waals surface area contributed by atoms with Gasteiger partial charge in [0.2, 0.25) is 0 Å². The van der Waals surface area contributed by atoms with Crippen LogP contribution in [0.1, 0.15) is 33.6 Å². The summed E-state index contributed by atoms with van der Waals surface area (Å²) < 4.78 is 10.6. The van der Waals surface area contributed by atoms with Crippen LogP contribution in [-0.2, 0) is 9.47 Å². The first-order chi connectivity index (χ1) is 10.3. The van der Waals surface area contributed by atoms with E-state index in [2.05, 4.69) is 5.32 Å². The van der Waals surface area contributed by atoms with E-state index in [1.54, 1.807) is 9.80 Å². The van der Waals surface area contributed by atoms with Crippen LogP contribution in [-0.4, -0.2) is 73.0 Å². The second-order valence-electron chi connectivity index (χ2n) is 6.81. The Morgan fingerprint density at radius 3 is 2.45 bits per heavy atom. The van der Waals surface area contributed by atoms with Gasteiger partial charge in [-0.15, -0.1) is 0 Å². The summed E-state index contributed by atoms with van der Waals surface area (Å²) in [6.07, 6.45) is 1.45. The molecule has 1 unspecified atom stereocenters. The van der Waals surface area contributed by atoms with Gasteiger partial charge in [0.1, 0.15) is 5.60 Å². The lowest BCUT2D eigenvalue weighted by molar-refractivity contribution is 0.0183. The van der Waals surface area contributed by atoms with Crippen LogP contribution in [0, 0.1) is 0 Å². The van der Waals surface area contributed by atoms with E-state index in [4.69, 9.17) is 9.47 Å². The number of rotatable bonds is 1. The molecule has 2 aliphatic rings. The summed E-state index contributed by atoms with van der Waals surface area (Å²) >= 11 is 0. The first kappa shape index (κ1) is 16.9. The summed E-state index contributed by atoms with van der Waals surface area (Å²) in [5.41, 5.74) is -0.499. The maximum atomic E-state index is 12.2. The fourth-order valence-electron chi connectivity index (χ4n) is 2.62. The van der Waals surface area contributed by atoms with Crippen LogP contribution in [0.5, 0.6) is 0 Å². The number of nitrogens with zero attached hydrogens (tertiary/aromatic N) is 2. The maximum Gasteiger partial charge on any atom is 0.410 e. The summed E-state index contributed by atoms with van der Waals surface area (Å²) in [5.74, 6) is 0. The minimum Gasteiger partial charge on any atom is -0.444 e. The summed E-state index contributed by atoms with van der Waals surface area (Å²) in [4.78, 5) is 27.7. The van der Waals surface area contributed by atoms with Crippen molar-refractivity contribution < 1.29 is 19.1 Å². The molecule has 2 rings (SSSR count). The van der Waals surface area contributed by atoms with E-state index in [0.717, 1.165) is 12.8 Å². The van der Waals surface area contributed by atoms with Crippen LogP contribution < -0.4 is 5.32 Å². The zero-order chi connectivity index (χ0) is 16.2. The molecule has 0 aliphatic carbocycles. The third-order valence-electron chi connectivity index (χ3n) is 3.70. The minimum atomic E-state index is -0.499. The van der Waals surface area contributed by atoms with Gasteiger partial charge in [-0.1, -0.05) is 0 Å². The third-order valence-corrected chi connectivity index (χ3v) is 3.70. The van der Waals surface area contributed by atoms with Gasteiger partial charge < -0.3 is 24.6 Å². The predicted octanol–water partition coefficient (Wildman–Crippen LogP) is 1.43. The Morgan fingerprint density at radius 1 is 1.14 bits per heavy atom. The van der Waals surface area contributed by atoms with Crippen molar-refractivity contribution >= 4 is 12.1 Å². The van der Waals surface area contributed by atoms with Crippen molar-refractivity contribution in [2.45, 2.75) is 45.3 Å². The Balaban J connectivity index is 1.82. The Bertz CT molecular complexity index is 402. The van der Waals surface area contributed by atoms with Crippen LogP contribution in [0.3, 0.4) is 0 Å². The molecule has 2 saturated heterocycles. The Morgan fingerprint density at radius 2 is 1.82 bits per heavy atom. The number of hydrogen-bond donors (Lipinski definition) is 1. The first-order valence-corrected chi connectivity index (χ1v) is 7.96. The van der Waals surface area contributed by atoms with Crippen molar-refractivity contribution in [2.75, 3.05) is 39.4 Å². The van der Waals surface area contributed by atoms with E-state index in [0.29, 0.717) is 39.4 Å². The molecule has 2 fully saturated rings. The molecule has 2 heterocycles. The van der Waals surface area contributed by atoms with Gasteiger partial charge in [0.25, 0.3) is 0 Å². The Kier molecular flexibility index (Phi) is 5.50. The van der Waals surface area contributed by atoms with Crippen LogP contribution in [0.25, 0.3) is 0 Å². The van der Waals surface area contributed by atoms with Crippen molar-refractivity contribution in [3.8, 4) is 0 Å². The summed E-state index contributed by atoms with van der Waals surface area (Å²) in [7, 11) is 0. The highest BCUT2D eigenvalue weighted by molar-refractivity contribution is 5.75. The molecule has 0 spiro atoms. The van der Waals surface area contributed by atoms with E-state index in [1.807, 2.05) is 20.8 Å².